The maximum absolute atomic E-state index is 5.86. The fourth-order valence-electron chi connectivity index (χ4n) is 0.608. The van der Waals surface area contributed by atoms with Crippen LogP contribution < -0.4 is 0 Å². The van der Waals surface area contributed by atoms with Gasteiger partial charge in [0.1, 0.15) is 0 Å². The molecule has 0 saturated carbocycles. The normalized spacial score (nSPS) is 12.6. The number of rotatable bonds is 4. The molecule has 5 heteroatoms. The first kappa shape index (κ1) is 10.7. The van der Waals surface area contributed by atoms with Crippen LogP contribution in [-0.4, -0.2) is 27.5 Å². The molecule has 0 fully saturated rings. The number of hydrogen-bond donors (Lipinski definition) is 0. The van der Waals surface area contributed by atoms with Crippen molar-refractivity contribution in [2.45, 2.75) is 17.3 Å². The Balaban J connectivity index is 3.97. The SMILES string of the molecule is CCC(Cl)(Cl)[SiH](OC)OC. The Kier molecular flexibility index (Phi) is 4.89. The number of hydrogen-bond acceptors (Lipinski definition) is 2. The van der Waals surface area contributed by atoms with E-state index in [1.54, 1.807) is 14.2 Å². The summed E-state index contributed by atoms with van der Waals surface area (Å²) in [5.41, 5.74) is 0. The summed E-state index contributed by atoms with van der Waals surface area (Å²) in [4.78, 5) is 0. The Labute approximate surface area is 73.3 Å². The molecule has 0 saturated heterocycles. The Morgan fingerprint density at radius 1 is 1.30 bits per heavy atom. The summed E-state index contributed by atoms with van der Waals surface area (Å²) in [6.45, 7) is 1.90. The van der Waals surface area contributed by atoms with Crippen molar-refractivity contribution in [3.8, 4) is 0 Å². The smallest absolute Gasteiger partial charge is 0.358 e. The first-order valence-corrected chi connectivity index (χ1v) is 5.29. The molecule has 0 atom stereocenters. The predicted molar refractivity (Wildman–Crippen MR) is 45.9 cm³/mol. The Morgan fingerprint density at radius 2 is 1.70 bits per heavy atom. The third-order valence-electron chi connectivity index (χ3n) is 1.24. The summed E-state index contributed by atoms with van der Waals surface area (Å²) in [6.07, 6.45) is 0.648. The van der Waals surface area contributed by atoms with E-state index in [0.717, 1.165) is 0 Å². The monoisotopic (exact) mass is 202 g/mol. The molecule has 0 aliphatic carbocycles. The van der Waals surface area contributed by atoms with E-state index in [0.29, 0.717) is 6.42 Å². The van der Waals surface area contributed by atoms with Gasteiger partial charge < -0.3 is 8.85 Å². The molecule has 0 aromatic carbocycles. The van der Waals surface area contributed by atoms with Crippen LogP contribution in [0.25, 0.3) is 0 Å². The van der Waals surface area contributed by atoms with Gasteiger partial charge in [0.05, 0.1) is 0 Å². The maximum Gasteiger partial charge on any atom is 0.358 e. The van der Waals surface area contributed by atoms with Gasteiger partial charge in [-0.15, -0.1) is 23.2 Å². The van der Waals surface area contributed by atoms with Crippen LogP contribution in [0.1, 0.15) is 13.3 Å². The van der Waals surface area contributed by atoms with E-state index in [9.17, 15) is 0 Å². The molecule has 0 heterocycles. The van der Waals surface area contributed by atoms with Crippen LogP contribution >= 0.6 is 23.2 Å². The molecule has 10 heavy (non-hydrogen) atoms. The second kappa shape index (κ2) is 4.57. The molecular formula is C5H12Cl2O2Si. The quantitative estimate of drug-likeness (QED) is 0.510. The van der Waals surface area contributed by atoms with E-state index >= 15 is 0 Å². The van der Waals surface area contributed by atoms with E-state index in [4.69, 9.17) is 32.1 Å². The van der Waals surface area contributed by atoms with Crippen molar-refractivity contribution in [1.82, 2.24) is 0 Å². The summed E-state index contributed by atoms with van der Waals surface area (Å²) < 4.78 is 9.21. The average molecular weight is 203 g/mol. The number of alkyl halides is 2. The zero-order chi connectivity index (χ0) is 8.20. The van der Waals surface area contributed by atoms with Gasteiger partial charge in [-0.25, -0.2) is 0 Å². The highest BCUT2D eigenvalue weighted by Gasteiger charge is 2.36. The molecule has 0 unspecified atom stereocenters. The Morgan fingerprint density at radius 3 is 1.80 bits per heavy atom. The molecule has 0 amide bonds. The molecule has 2 nitrogen and oxygen atoms in total. The highest BCUT2D eigenvalue weighted by atomic mass is 35.5. The lowest BCUT2D eigenvalue weighted by molar-refractivity contribution is 0.270. The van der Waals surface area contributed by atoms with Gasteiger partial charge in [0.25, 0.3) is 0 Å². The van der Waals surface area contributed by atoms with Crippen LogP contribution in [0.4, 0.5) is 0 Å². The highest BCUT2D eigenvalue weighted by molar-refractivity contribution is 6.76. The van der Waals surface area contributed by atoms with Crippen LogP contribution in [0, 0.1) is 0 Å². The molecule has 0 aliphatic heterocycles. The summed E-state index contributed by atoms with van der Waals surface area (Å²) >= 11 is 11.7. The van der Waals surface area contributed by atoms with Crippen LogP contribution in [0.5, 0.6) is 0 Å². The van der Waals surface area contributed by atoms with Crippen LogP contribution in [0.2, 0.25) is 0 Å². The summed E-state index contributed by atoms with van der Waals surface area (Å²) in [7, 11) is 1.26. The summed E-state index contributed by atoms with van der Waals surface area (Å²) in [6, 6.07) is 0. The standard InChI is InChI=1S/C5H12Cl2O2Si/c1-4-5(6,7)10(8-2)9-3/h10H,4H2,1-3H3. The second-order valence-corrected chi connectivity index (χ2v) is 6.78. The third-order valence-corrected chi connectivity index (χ3v) is 4.80. The van der Waals surface area contributed by atoms with Crippen LogP contribution in [0.3, 0.4) is 0 Å². The minimum Gasteiger partial charge on any atom is -0.398 e. The van der Waals surface area contributed by atoms with Crippen LogP contribution in [0.15, 0.2) is 0 Å². The lowest BCUT2D eigenvalue weighted by atomic mass is 10.6. The third kappa shape index (κ3) is 2.76. The zero-order valence-electron chi connectivity index (χ0n) is 6.36. The highest BCUT2D eigenvalue weighted by Crippen LogP contribution is 2.28. The molecule has 0 aromatic rings. The van der Waals surface area contributed by atoms with E-state index in [1.165, 1.54) is 0 Å². The van der Waals surface area contributed by atoms with Crippen molar-refractivity contribution in [3.63, 3.8) is 0 Å². The molecule has 0 spiro atoms. The molecule has 0 radical (unpaired) electrons. The number of halogens is 2. The molecule has 0 aromatic heterocycles. The lowest BCUT2D eigenvalue weighted by Crippen LogP contribution is -2.39. The van der Waals surface area contributed by atoms with Gasteiger partial charge in [0.15, 0.2) is 3.96 Å². The van der Waals surface area contributed by atoms with Crippen molar-refractivity contribution in [1.29, 1.82) is 0 Å². The van der Waals surface area contributed by atoms with E-state index in [-0.39, 0.29) is 0 Å². The molecule has 0 rings (SSSR count). The fraction of sp³-hybridized carbons (Fsp3) is 1.00. The molecular weight excluding hydrogens is 191 g/mol. The first-order chi connectivity index (χ1) is 4.58. The topological polar surface area (TPSA) is 18.5 Å². The maximum atomic E-state index is 5.86. The Bertz CT molecular complexity index is 95.6. The zero-order valence-corrected chi connectivity index (χ0v) is 9.02. The minimum atomic E-state index is -1.87. The van der Waals surface area contributed by atoms with Gasteiger partial charge in [-0.05, 0) is 6.42 Å². The van der Waals surface area contributed by atoms with Crippen LogP contribution in [-0.2, 0) is 8.85 Å². The van der Waals surface area contributed by atoms with Gasteiger partial charge in [-0.1, -0.05) is 6.92 Å². The molecule has 0 aliphatic rings. The van der Waals surface area contributed by atoms with Gasteiger partial charge in [0, 0.05) is 14.2 Å². The van der Waals surface area contributed by atoms with Gasteiger partial charge >= 0.3 is 9.28 Å². The second-order valence-electron chi connectivity index (χ2n) is 1.92. The lowest BCUT2D eigenvalue weighted by Gasteiger charge is -2.23. The van der Waals surface area contributed by atoms with Crippen molar-refractivity contribution in [3.05, 3.63) is 0 Å². The predicted octanol–water partition coefficient (Wildman–Crippen LogP) is 1.62. The van der Waals surface area contributed by atoms with Crippen molar-refractivity contribution in [2.24, 2.45) is 0 Å². The average Bonchev–Trinajstić information content (AvgIpc) is 1.90. The minimum absolute atomic E-state index is 0.648. The van der Waals surface area contributed by atoms with E-state index < -0.39 is 13.2 Å². The molecule has 0 bridgehead atoms. The fourth-order valence-corrected chi connectivity index (χ4v) is 2.89. The van der Waals surface area contributed by atoms with Gasteiger partial charge in [0.2, 0.25) is 0 Å². The molecule has 62 valence electrons. The van der Waals surface area contributed by atoms with Gasteiger partial charge in [-0.2, -0.15) is 0 Å². The first-order valence-electron chi connectivity index (χ1n) is 3.02. The van der Waals surface area contributed by atoms with Crippen molar-refractivity contribution in [2.75, 3.05) is 14.2 Å². The van der Waals surface area contributed by atoms with Gasteiger partial charge in [-0.3, -0.25) is 0 Å². The van der Waals surface area contributed by atoms with Crippen molar-refractivity contribution >= 4 is 32.5 Å². The van der Waals surface area contributed by atoms with Crippen molar-refractivity contribution < 1.29 is 8.85 Å². The summed E-state index contributed by atoms with van der Waals surface area (Å²) in [5, 5.41) is 0. The van der Waals surface area contributed by atoms with E-state index in [1.807, 2.05) is 6.92 Å². The summed E-state index contributed by atoms with van der Waals surface area (Å²) in [5.74, 6) is 0. The molecule has 0 N–H and O–H groups in total. The van der Waals surface area contributed by atoms with E-state index in [2.05, 4.69) is 0 Å². The Hall–Kier alpha value is 0.717. The largest absolute Gasteiger partial charge is 0.398 e.